The van der Waals surface area contributed by atoms with E-state index in [0.29, 0.717) is 5.92 Å². The molecule has 0 spiro atoms. The third kappa shape index (κ3) is 3.64. The van der Waals surface area contributed by atoms with E-state index in [9.17, 15) is 4.39 Å². The fourth-order valence-electron chi connectivity index (χ4n) is 2.06. The lowest BCUT2D eigenvalue weighted by molar-refractivity contribution is 0.628. The number of hydrogen-bond donors (Lipinski definition) is 1. The average Bonchev–Trinajstić information content (AvgIpc) is 2.83. The molecule has 0 atom stereocenters. The molecule has 4 heteroatoms. The molecule has 0 amide bonds. The molecule has 2 rings (SSSR count). The molecule has 2 nitrogen and oxygen atoms in total. The molecule has 0 aliphatic heterocycles. The Bertz CT molecular complexity index is 563. The summed E-state index contributed by atoms with van der Waals surface area (Å²) < 4.78 is 13.3. The van der Waals surface area contributed by atoms with Gasteiger partial charge >= 0.3 is 0 Å². The van der Waals surface area contributed by atoms with E-state index in [1.54, 1.807) is 23.5 Å². The van der Waals surface area contributed by atoms with Crippen LogP contribution in [0.3, 0.4) is 0 Å². The molecule has 0 unspecified atom stereocenters. The molecule has 1 aromatic carbocycles. The van der Waals surface area contributed by atoms with Gasteiger partial charge < -0.3 is 5.32 Å². The minimum Gasteiger partial charge on any atom is -0.312 e. The zero-order valence-electron chi connectivity index (χ0n) is 12.2. The van der Waals surface area contributed by atoms with E-state index < -0.39 is 0 Å². The molecule has 0 bridgehead atoms. The van der Waals surface area contributed by atoms with E-state index in [0.717, 1.165) is 35.8 Å². The highest BCUT2D eigenvalue weighted by atomic mass is 32.1. The van der Waals surface area contributed by atoms with Crippen LogP contribution in [0.4, 0.5) is 4.39 Å². The van der Waals surface area contributed by atoms with Gasteiger partial charge in [0.05, 0.1) is 5.69 Å². The van der Waals surface area contributed by atoms with Gasteiger partial charge in [-0.05, 0) is 31.0 Å². The van der Waals surface area contributed by atoms with Gasteiger partial charge in [-0.2, -0.15) is 0 Å². The van der Waals surface area contributed by atoms with Crippen molar-refractivity contribution < 1.29 is 4.39 Å². The molecule has 0 saturated carbocycles. The fourth-order valence-corrected chi connectivity index (χ4v) is 3.25. The van der Waals surface area contributed by atoms with Crippen molar-refractivity contribution in [3.63, 3.8) is 0 Å². The molecule has 0 aliphatic rings. The van der Waals surface area contributed by atoms with Gasteiger partial charge in [0, 0.05) is 17.0 Å². The summed E-state index contributed by atoms with van der Waals surface area (Å²) in [6.07, 6.45) is 1.12. The van der Waals surface area contributed by atoms with Crippen molar-refractivity contribution in [3.05, 3.63) is 40.7 Å². The van der Waals surface area contributed by atoms with Crippen molar-refractivity contribution >= 4 is 11.3 Å². The minimum absolute atomic E-state index is 0.213. The maximum Gasteiger partial charge on any atom is 0.124 e. The van der Waals surface area contributed by atoms with Crippen LogP contribution in [0.1, 0.15) is 43.7 Å². The van der Waals surface area contributed by atoms with Crippen LogP contribution in [0.5, 0.6) is 0 Å². The Morgan fingerprint density at radius 1 is 1.35 bits per heavy atom. The van der Waals surface area contributed by atoms with Gasteiger partial charge in [-0.15, -0.1) is 11.3 Å². The molecule has 0 aliphatic carbocycles. The first-order valence-electron chi connectivity index (χ1n) is 7.08. The van der Waals surface area contributed by atoms with Crippen LogP contribution in [0.2, 0.25) is 0 Å². The van der Waals surface area contributed by atoms with Crippen molar-refractivity contribution in [2.24, 2.45) is 0 Å². The van der Waals surface area contributed by atoms with Crippen molar-refractivity contribution in [2.45, 2.75) is 39.7 Å². The van der Waals surface area contributed by atoms with Crippen LogP contribution < -0.4 is 5.32 Å². The molecule has 0 radical (unpaired) electrons. The Kier molecular flexibility index (Phi) is 5.26. The van der Waals surface area contributed by atoms with Gasteiger partial charge in [0.2, 0.25) is 0 Å². The molecule has 108 valence electrons. The zero-order chi connectivity index (χ0) is 14.5. The molecule has 0 fully saturated rings. The number of benzene rings is 1. The monoisotopic (exact) mass is 292 g/mol. The number of nitrogens with one attached hydrogen (secondary N) is 1. The predicted molar refractivity (Wildman–Crippen MR) is 83.6 cm³/mol. The smallest absolute Gasteiger partial charge is 0.124 e. The third-order valence-electron chi connectivity index (χ3n) is 3.06. The Hall–Kier alpha value is -1.26. The Morgan fingerprint density at radius 2 is 2.15 bits per heavy atom. The first-order valence-corrected chi connectivity index (χ1v) is 7.89. The van der Waals surface area contributed by atoms with Crippen molar-refractivity contribution in [2.75, 3.05) is 6.54 Å². The largest absolute Gasteiger partial charge is 0.312 e. The van der Waals surface area contributed by atoms with Gasteiger partial charge in [-0.25, -0.2) is 9.37 Å². The average molecular weight is 292 g/mol. The van der Waals surface area contributed by atoms with E-state index in [2.05, 4.69) is 26.1 Å². The zero-order valence-corrected chi connectivity index (χ0v) is 13.1. The van der Waals surface area contributed by atoms with E-state index in [1.165, 1.54) is 10.9 Å². The number of nitrogens with zero attached hydrogens (tertiary/aromatic N) is 1. The quantitative estimate of drug-likeness (QED) is 0.789. The second-order valence-corrected chi connectivity index (χ2v) is 6.25. The summed E-state index contributed by atoms with van der Waals surface area (Å²) in [5, 5.41) is 4.32. The van der Waals surface area contributed by atoms with E-state index in [1.807, 2.05) is 6.07 Å². The van der Waals surface area contributed by atoms with Gasteiger partial charge in [0.1, 0.15) is 10.8 Å². The fraction of sp³-hybridized carbons (Fsp3) is 0.438. The van der Waals surface area contributed by atoms with Gasteiger partial charge in [-0.1, -0.05) is 32.9 Å². The summed E-state index contributed by atoms with van der Waals surface area (Å²) in [6.45, 7) is 8.29. The Labute approximate surface area is 124 Å². The highest BCUT2D eigenvalue weighted by Gasteiger charge is 2.15. The summed E-state index contributed by atoms with van der Waals surface area (Å²) in [4.78, 5) is 5.97. The maximum absolute atomic E-state index is 13.3. The number of hydrogen-bond acceptors (Lipinski definition) is 3. The molecular weight excluding hydrogens is 271 g/mol. The molecular formula is C16H21FN2S. The summed E-state index contributed by atoms with van der Waals surface area (Å²) in [5.74, 6) is 0.168. The van der Waals surface area contributed by atoms with Crippen molar-refractivity contribution in [1.82, 2.24) is 10.3 Å². The lowest BCUT2D eigenvalue weighted by atomic mass is 10.1. The van der Waals surface area contributed by atoms with Crippen LogP contribution >= 0.6 is 11.3 Å². The topological polar surface area (TPSA) is 24.9 Å². The van der Waals surface area contributed by atoms with Crippen LogP contribution in [0, 0.1) is 5.82 Å². The van der Waals surface area contributed by atoms with E-state index in [-0.39, 0.29) is 5.82 Å². The van der Waals surface area contributed by atoms with Crippen LogP contribution in [-0.2, 0) is 6.54 Å². The number of halogens is 1. The summed E-state index contributed by atoms with van der Waals surface area (Å²) in [5.41, 5.74) is 1.98. The second kappa shape index (κ2) is 6.95. The number of aromatic nitrogens is 1. The lowest BCUT2D eigenvalue weighted by Gasteiger charge is -2.05. The van der Waals surface area contributed by atoms with E-state index >= 15 is 0 Å². The van der Waals surface area contributed by atoms with Gasteiger partial charge in [0.15, 0.2) is 0 Å². The third-order valence-corrected chi connectivity index (χ3v) is 4.18. The first kappa shape index (κ1) is 15.1. The van der Waals surface area contributed by atoms with Gasteiger partial charge in [0.25, 0.3) is 0 Å². The second-order valence-electron chi connectivity index (χ2n) is 5.17. The highest BCUT2D eigenvalue weighted by molar-refractivity contribution is 7.15. The number of thiazole rings is 1. The normalized spacial score (nSPS) is 11.2. The predicted octanol–water partition coefficient (Wildman–Crippen LogP) is 4.57. The van der Waals surface area contributed by atoms with Gasteiger partial charge in [-0.3, -0.25) is 0 Å². The summed E-state index contributed by atoms with van der Waals surface area (Å²) in [6, 6.07) is 6.65. The molecule has 1 heterocycles. The minimum atomic E-state index is -0.213. The molecule has 0 saturated heterocycles. The first-order chi connectivity index (χ1) is 9.61. The molecule has 2 aromatic rings. The summed E-state index contributed by atoms with van der Waals surface area (Å²) in [7, 11) is 0. The van der Waals surface area contributed by atoms with Crippen LogP contribution in [0.15, 0.2) is 24.3 Å². The van der Waals surface area contributed by atoms with Crippen LogP contribution in [-0.4, -0.2) is 11.5 Å². The standard InChI is InChI=1S/C16H21FN2S/c1-4-8-18-10-14-15(11(2)3)19-16(20-14)12-6-5-7-13(17)9-12/h5-7,9,11,18H,4,8,10H2,1-3H3. The summed E-state index contributed by atoms with van der Waals surface area (Å²) >= 11 is 1.66. The van der Waals surface area contributed by atoms with Crippen molar-refractivity contribution in [1.29, 1.82) is 0 Å². The molecule has 1 N–H and O–H groups in total. The molecule has 1 aromatic heterocycles. The lowest BCUT2D eigenvalue weighted by Crippen LogP contribution is -2.14. The van der Waals surface area contributed by atoms with Crippen molar-refractivity contribution in [3.8, 4) is 10.6 Å². The maximum atomic E-state index is 13.3. The van der Waals surface area contributed by atoms with E-state index in [4.69, 9.17) is 4.98 Å². The number of rotatable bonds is 6. The van der Waals surface area contributed by atoms with Crippen LogP contribution in [0.25, 0.3) is 10.6 Å². The Balaban J connectivity index is 2.28. The SMILES string of the molecule is CCCNCc1sc(-c2cccc(F)c2)nc1C(C)C. The Morgan fingerprint density at radius 3 is 2.80 bits per heavy atom. The highest BCUT2D eigenvalue weighted by Crippen LogP contribution is 2.32. The molecule has 20 heavy (non-hydrogen) atoms.